The number of piperazine rings is 1. The molecule has 2 amide bonds. The number of hydrogen-bond donors (Lipinski definition) is 3. The van der Waals surface area contributed by atoms with Gasteiger partial charge in [-0.3, -0.25) is 14.5 Å². The summed E-state index contributed by atoms with van der Waals surface area (Å²) >= 11 is 0. The molecule has 3 aliphatic rings. The minimum Gasteiger partial charge on any atom is -0.353 e. The quantitative estimate of drug-likeness (QED) is 0.130. The molecule has 6 aromatic rings. The van der Waals surface area contributed by atoms with Crippen molar-refractivity contribution in [1.29, 1.82) is 0 Å². The van der Waals surface area contributed by atoms with Crippen molar-refractivity contribution in [3.8, 4) is 0 Å². The van der Waals surface area contributed by atoms with Crippen molar-refractivity contribution in [1.82, 2.24) is 14.5 Å². The smallest absolute Gasteiger partial charge is 0.243 e. The summed E-state index contributed by atoms with van der Waals surface area (Å²) in [6, 6.07) is 32.7. The summed E-state index contributed by atoms with van der Waals surface area (Å²) in [5.41, 5.74) is 12.0. The lowest BCUT2D eigenvalue weighted by molar-refractivity contribution is -0.130. The first-order chi connectivity index (χ1) is 28.2. The summed E-state index contributed by atoms with van der Waals surface area (Å²) < 4.78 is 43.0. The molecule has 0 aromatic heterocycles. The van der Waals surface area contributed by atoms with Gasteiger partial charge in [0.05, 0.1) is 17.0 Å². The van der Waals surface area contributed by atoms with Gasteiger partial charge >= 0.3 is 0 Å². The summed E-state index contributed by atoms with van der Waals surface area (Å²) in [7, 11) is -4.09. The predicted molar refractivity (Wildman–Crippen MR) is 228 cm³/mol. The molecule has 0 radical (unpaired) electrons. The minimum absolute atomic E-state index is 0.0158. The van der Waals surface area contributed by atoms with Gasteiger partial charge in [0.15, 0.2) is 0 Å². The number of rotatable bonds is 9. The summed E-state index contributed by atoms with van der Waals surface area (Å²) in [6.45, 7) is 2.74. The third-order valence-electron chi connectivity index (χ3n) is 12.5. The maximum atomic E-state index is 14.2. The van der Waals surface area contributed by atoms with E-state index in [1.54, 1.807) is 12.1 Å². The van der Waals surface area contributed by atoms with Crippen LogP contribution in [0.15, 0.2) is 108 Å². The third-order valence-corrected chi connectivity index (χ3v) is 14.4. The Labute approximate surface area is 338 Å². The van der Waals surface area contributed by atoms with E-state index in [-0.39, 0.29) is 36.9 Å². The zero-order valence-electron chi connectivity index (χ0n) is 32.4. The lowest BCUT2D eigenvalue weighted by Crippen LogP contribution is -2.57. The molecule has 9 rings (SSSR count). The van der Waals surface area contributed by atoms with E-state index >= 15 is 0 Å². The standard InChI is InChI=1S/C47H48FN5O4S/c48-33-20-23-52(24-21-33)29-32-26-43-39-11-5-10-38(40(39)18-19-41(43)37-9-4-3-7-35(32)37)42-17-14-31-6-1-2-8-36(31)46(42)51-45(54)27-44-47(55)50-22-25-53(44)58(56,57)34-15-12-30(28-49)13-16-34/h1-4,6-9,12-19,26,33,38,44H,5,10-11,20-25,27-29,49H2,(H,50,55)(H,51,54)/t38-,44-/m1/s1. The fourth-order valence-electron chi connectivity index (χ4n) is 9.52. The first kappa shape index (κ1) is 38.3. The number of aryl methyl sites for hydroxylation is 1. The van der Waals surface area contributed by atoms with Crippen molar-refractivity contribution in [3.63, 3.8) is 0 Å². The Morgan fingerprint density at radius 1 is 0.810 bits per heavy atom. The van der Waals surface area contributed by atoms with Crippen molar-refractivity contribution < 1.29 is 22.4 Å². The number of likely N-dealkylation sites (tertiary alicyclic amines) is 1. The van der Waals surface area contributed by atoms with Crippen LogP contribution in [0.25, 0.3) is 32.3 Å². The van der Waals surface area contributed by atoms with Crippen molar-refractivity contribution in [2.24, 2.45) is 5.73 Å². The van der Waals surface area contributed by atoms with Gasteiger partial charge in [0.25, 0.3) is 0 Å². The molecule has 58 heavy (non-hydrogen) atoms. The number of fused-ring (bicyclic) bond motifs is 6. The van der Waals surface area contributed by atoms with Crippen LogP contribution in [0.4, 0.5) is 10.1 Å². The van der Waals surface area contributed by atoms with Gasteiger partial charge in [-0.05, 0) is 105 Å². The highest BCUT2D eigenvalue weighted by atomic mass is 32.2. The van der Waals surface area contributed by atoms with E-state index in [4.69, 9.17) is 5.73 Å². The fourth-order valence-corrected chi connectivity index (χ4v) is 11.1. The Balaban J connectivity index is 1.07. The minimum atomic E-state index is -4.09. The van der Waals surface area contributed by atoms with Gasteiger partial charge in [-0.15, -0.1) is 0 Å². The number of alkyl halides is 1. The van der Waals surface area contributed by atoms with Crippen LogP contribution in [-0.4, -0.2) is 67.8 Å². The molecule has 1 aliphatic carbocycles. The average Bonchev–Trinajstić information content (AvgIpc) is 3.25. The van der Waals surface area contributed by atoms with Gasteiger partial charge in [-0.1, -0.05) is 84.9 Å². The number of nitrogens with zero attached hydrogens (tertiary/aromatic N) is 2. The number of halogens is 1. The number of carbonyl (C=O) groups is 2. The van der Waals surface area contributed by atoms with Gasteiger partial charge in [-0.2, -0.15) is 4.31 Å². The summed E-state index contributed by atoms with van der Waals surface area (Å²) in [5, 5.41) is 12.7. The van der Waals surface area contributed by atoms with Crippen molar-refractivity contribution in [2.45, 2.75) is 74.6 Å². The number of carbonyl (C=O) groups excluding carboxylic acids is 2. The first-order valence-corrected chi connectivity index (χ1v) is 21.9. The fraction of sp³-hybridized carbons (Fsp3) is 0.319. The number of anilines is 1. The number of nitrogens with two attached hydrogens (primary N) is 1. The second-order valence-corrected chi connectivity index (χ2v) is 17.9. The second-order valence-electron chi connectivity index (χ2n) is 16.0. The molecule has 298 valence electrons. The van der Waals surface area contributed by atoms with E-state index in [0.29, 0.717) is 18.5 Å². The van der Waals surface area contributed by atoms with Gasteiger partial charge < -0.3 is 16.4 Å². The molecular weight excluding hydrogens is 750 g/mol. The maximum Gasteiger partial charge on any atom is 0.243 e. The van der Waals surface area contributed by atoms with Crippen LogP contribution in [-0.2, 0) is 39.1 Å². The molecule has 0 saturated carbocycles. The van der Waals surface area contributed by atoms with E-state index in [2.05, 4.69) is 70.1 Å². The van der Waals surface area contributed by atoms with Crippen molar-refractivity contribution in [3.05, 3.63) is 131 Å². The Hall–Kier alpha value is -5.20. The normalized spacial score (nSPS) is 19.7. The maximum absolute atomic E-state index is 14.2. The zero-order valence-corrected chi connectivity index (χ0v) is 33.2. The SMILES string of the molecule is NCc1ccc(S(=O)(=O)N2CCNC(=O)[C@H]2CC(=O)Nc2c([C@@H]3CCCc4c3ccc3c4cc(CN4CCC(F)CC4)c4ccccc43)ccc3ccccc23)cc1. The lowest BCUT2D eigenvalue weighted by Gasteiger charge is -2.34. The van der Waals surface area contributed by atoms with E-state index in [1.807, 2.05) is 24.3 Å². The number of hydrogen-bond acceptors (Lipinski definition) is 6. The highest BCUT2D eigenvalue weighted by molar-refractivity contribution is 7.89. The largest absolute Gasteiger partial charge is 0.353 e. The van der Waals surface area contributed by atoms with Crippen molar-refractivity contribution in [2.75, 3.05) is 31.5 Å². The molecule has 2 aliphatic heterocycles. The van der Waals surface area contributed by atoms with E-state index in [1.165, 1.54) is 50.4 Å². The molecule has 0 spiro atoms. The molecular formula is C47H48FN5O4S. The van der Waals surface area contributed by atoms with Gasteiger partial charge in [0.1, 0.15) is 12.2 Å². The monoisotopic (exact) mass is 797 g/mol. The molecule has 2 atom stereocenters. The molecule has 6 aromatic carbocycles. The molecule has 2 fully saturated rings. The summed E-state index contributed by atoms with van der Waals surface area (Å²) in [6.07, 6.45) is 2.85. The van der Waals surface area contributed by atoms with Crippen LogP contribution in [0.1, 0.15) is 65.8 Å². The Kier molecular flexibility index (Phi) is 10.5. The number of nitrogens with one attached hydrogen (secondary N) is 2. The third kappa shape index (κ3) is 7.14. The van der Waals surface area contributed by atoms with Gasteiger partial charge in [0, 0.05) is 50.6 Å². The van der Waals surface area contributed by atoms with Crippen LogP contribution < -0.4 is 16.4 Å². The van der Waals surface area contributed by atoms with E-state index in [0.717, 1.165) is 65.1 Å². The Morgan fingerprint density at radius 3 is 2.29 bits per heavy atom. The molecule has 4 N–H and O–H groups in total. The zero-order chi connectivity index (χ0) is 40.0. The topological polar surface area (TPSA) is 125 Å². The number of piperidine rings is 1. The highest BCUT2D eigenvalue weighted by Gasteiger charge is 2.40. The van der Waals surface area contributed by atoms with Crippen molar-refractivity contribution >= 4 is 59.8 Å². The number of amides is 2. The molecule has 0 unspecified atom stereocenters. The van der Waals surface area contributed by atoms with Crippen LogP contribution in [0.3, 0.4) is 0 Å². The predicted octanol–water partition coefficient (Wildman–Crippen LogP) is 7.52. The van der Waals surface area contributed by atoms with Gasteiger partial charge in [0.2, 0.25) is 21.8 Å². The lowest BCUT2D eigenvalue weighted by atomic mass is 9.75. The molecule has 9 nitrogen and oxygen atoms in total. The number of benzene rings is 6. The average molecular weight is 798 g/mol. The first-order valence-electron chi connectivity index (χ1n) is 20.4. The Bertz CT molecular complexity index is 2660. The van der Waals surface area contributed by atoms with E-state index in [9.17, 15) is 22.4 Å². The Morgan fingerprint density at radius 2 is 1.52 bits per heavy atom. The molecule has 0 bridgehead atoms. The van der Waals surface area contributed by atoms with Crippen LogP contribution in [0.2, 0.25) is 0 Å². The van der Waals surface area contributed by atoms with Crippen LogP contribution in [0.5, 0.6) is 0 Å². The highest BCUT2D eigenvalue weighted by Crippen LogP contribution is 2.45. The number of sulfonamides is 1. The second kappa shape index (κ2) is 15.9. The van der Waals surface area contributed by atoms with Gasteiger partial charge in [-0.25, -0.2) is 12.8 Å². The summed E-state index contributed by atoms with van der Waals surface area (Å²) in [4.78, 5) is 30.0. The van der Waals surface area contributed by atoms with Crippen LogP contribution in [0, 0.1) is 0 Å². The molecule has 2 heterocycles. The summed E-state index contributed by atoms with van der Waals surface area (Å²) in [5.74, 6) is -0.966. The van der Waals surface area contributed by atoms with Crippen LogP contribution >= 0.6 is 0 Å². The van der Waals surface area contributed by atoms with E-state index < -0.39 is 34.1 Å². The molecule has 2 saturated heterocycles. The molecule has 11 heteroatoms.